The van der Waals surface area contributed by atoms with E-state index in [1.54, 1.807) is 0 Å². The highest BCUT2D eigenvalue weighted by atomic mass is 16.2. The molecule has 0 aliphatic carbocycles. The molecule has 4 heteroatoms. The fourth-order valence-electron chi connectivity index (χ4n) is 3.33. The van der Waals surface area contributed by atoms with E-state index in [1.807, 2.05) is 24.3 Å². The Morgan fingerprint density at radius 3 is 2.73 bits per heavy atom. The van der Waals surface area contributed by atoms with Gasteiger partial charge in [-0.25, -0.2) is 0 Å². The van der Waals surface area contributed by atoms with Gasteiger partial charge in [0.15, 0.2) is 6.54 Å². The lowest BCUT2D eigenvalue weighted by atomic mass is 10.1. The van der Waals surface area contributed by atoms with Gasteiger partial charge in [0.2, 0.25) is 0 Å². The van der Waals surface area contributed by atoms with Crippen LogP contribution in [0.25, 0.3) is 10.9 Å². The zero-order valence-electron chi connectivity index (χ0n) is 13.4. The number of pyridine rings is 1. The lowest BCUT2D eigenvalue weighted by Crippen LogP contribution is -3.11. The molecule has 22 heavy (non-hydrogen) atoms. The molecule has 3 rings (SSSR count). The Kier molecular flexibility index (Phi) is 4.39. The summed E-state index contributed by atoms with van der Waals surface area (Å²) in [6.45, 7) is 6.95. The van der Waals surface area contributed by atoms with Crippen molar-refractivity contribution >= 4 is 22.5 Å². The van der Waals surface area contributed by atoms with E-state index in [-0.39, 0.29) is 5.91 Å². The molecule has 0 atom stereocenters. The van der Waals surface area contributed by atoms with Gasteiger partial charge in [0.25, 0.3) is 5.91 Å². The molecule has 0 bridgehead atoms. The lowest BCUT2D eigenvalue weighted by molar-refractivity contribution is -0.878. The van der Waals surface area contributed by atoms with Crippen molar-refractivity contribution in [2.75, 3.05) is 25.0 Å². The van der Waals surface area contributed by atoms with Crippen molar-refractivity contribution in [2.24, 2.45) is 0 Å². The van der Waals surface area contributed by atoms with E-state index in [0.29, 0.717) is 6.54 Å². The molecule has 1 aliphatic rings. The van der Waals surface area contributed by atoms with Crippen molar-refractivity contribution in [1.82, 2.24) is 4.98 Å². The zero-order valence-corrected chi connectivity index (χ0v) is 13.4. The molecular weight excluding hydrogens is 274 g/mol. The van der Waals surface area contributed by atoms with Crippen LogP contribution in [0.2, 0.25) is 0 Å². The predicted octanol–water partition coefficient (Wildman–Crippen LogP) is 1.72. The molecule has 1 aromatic heterocycles. The minimum atomic E-state index is 0.110. The topological polar surface area (TPSA) is 46.4 Å². The highest BCUT2D eigenvalue weighted by Crippen LogP contribution is 2.28. The fraction of sp³-hybridized carbons (Fsp3) is 0.444. The molecule has 2 N–H and O–H groups in total. The smallest absolute Gasteiger partial charge is 0.279 e. The molecular formula is C18H24N3O+. The Balaban J connectivity index is 1.91. The molecule has 2 heterocycles. The van der Waals surface area contributed by atoms with Crippen LogP contribution in [0.5, 0.6) is 0 Å². The summed E-state index contributed by atoms with van der Waals surface area (Å²) >= 11 is 0. The minimum Gasteiger partial charge on any atom is -0.327 e. The molecule has 0 saturated carbocycles. The van der Waals surface area contributed by atoms with Crippen molar-refractivity contribution in [3.05, 3.63) is 35.5 Å². The number of para-hydroxylation sites is 1. The first kappa shape index (κ1) is 15.0. The van der Waals surface area contributed by atoms with Gasteiger partial charge in [-0.05, 0) is 25.0 Å². The van der Waals surface area contributed by atoms with Gasteiger partial charge < -0.3 is 10.2 Å². The number of quaternary nitrogens is 1. The fourth-order valence-corrected chi connectivity index (χ4v) is 3.33. The second-order valence-corrected chi connectivity index (χ2v) is 6.11. The Bertz CT molecular complexity index is 690. The van der Waals surface area contributed by atoms with Crippen molar-refractivity contribution in [2.45, 2.75) is 33.1 Å². The molecule has 1 aromatic carbocycles. The second kappa shape index (κ2) is 6.44. The van der Waals surface area contributed by atoms with Crippen LogP contribution in [-0.4, -0.2) is 30.5 Å². The maximum Gasteiger partial charge on any atom is 0.279 e. The zero-order chi connectivity index (χ0) is 15.5. The number of carbonyl (C=O) groups is 1. The van der Waals surface area contributed by atoms with Gasteiger partial charge >= 0.3 is 0 Å². The number of hydrogen-bond donors (Lipinski definition) is 2. The molecule has 2 aromatic rings. The molecule has 116 valence electrons. The first-order valence-electron chi connectivity index (χ1n) is 8.20. The summed E-state index contributed by atoms with van der Waals surface area (Å²) in [5.74, 6) is 0.110. The van der Waals surface area contributed by atoms with Gasteiger partial charge in [-0.15, -0.1) is 0 Å². The number of carbonyl (C=O) groups excluding carboxylic acids is 1. The Morgan fingerprint density at radius 1 is 1.27 bits per heavy atom. The average molecular weight is 298 g/mol. The SMILES string of the molecule is CCc1nc2ccccc2c(NC(=O)C[NH+]2CCCC2)c1C. The number of aryl methyl sites for hydroxylation is 1. The van der Waals surface area contributed by atoms with E-state index in [4.69, 9.17) is 4.98 Å². The van der Waals surface area contributed by atoms with Gasteiger partial charge in [0.1, 0.15) is 0 Å². The molecule has 4 nitrogen and oxygen atoms in total. The first-order valence-corrected chi connectivity index (χ1v) is 8.20. The van der Waals surface area contributed by atoms with Crippen molar-refractivity contribution in [3.8, 4) is 0 Å². The summed E-state index contributed by atoms with van der Waals surface area (Å²) in [5.41, 5.74) is 4.04. The number of aromatic nitrogens is 1. The lowest BCUT2D eigenvalue weighted by Gasteiger charge is -2.16. The number of amides is 1. The van der Waals surface area contributed by atoms with E-state index in [1.165, 1.54) is 17.7 Å². The number of likely N-dealkylation sites (tertiary alicyclic amines) is 1. The Morgan fingerprint density at radius 2 is 2.00 bits per heavy atom. The van der Waals surface area contributed by atoms with E-state index < -0.39 is 0 Å². The van der Waals surface area contributed by atoms with Crippen molar-refractivity contribution < 1.29 is 9.69 Å². The van der Waals surface area contributed by atoms with Crippen LogP contribution in [0.15, 0.2) is 24.3 Å². The van der Waals surface area contributed by atoms with Gasteiger partial charge in [0, 0.05) is 23.9 Å². The Labute approximate surface area is 131 Å². The second-order valence-electron chi connectivity index (χ2n) is 6.11. The summed E-state index contributed by atoms with van der Waals surface area (Å²) < 4.78 is 0. The third-order valence-electron chi connectivity index (χ3n) is 4.56. The van der Waals surface area contributed by atoms with Crippen molar-refractivity contribution in [3.63, 3.8) is 0 Å². The minimum absolute atomic E-state index is 0.110. The highest BCUT2D eigenvalue weighted by molar-refractivity contribution is 6.02. The normalized spacial score (nSPS) is 15.4. The van der Waals surface area contributed by atoms with E-state index in [9.17, 15) is 4.79 Å². The van der Waals surface area contributed by atoms with Crippen LogP contribution in [0.1, 0.15) is 31.0 Å². The highest BCUT2D eigenvalue weighted by Gasteiger charge is 2.20. The Hall–Kier alpha value is -1.94. The van der Waals surface area contributed by atoms with Gasteiger partial charge in [0.05, 0.1) is 24.3 Å². The molecule has 0 unspecified atom stereocenters. The number of nitrogens with one attached hydrogen (secondary N) is 2. The number of fused-ring (bicyclic) bond motifs is 1. The maximum atomic E-state index is 12.4. The molecule has 0 radical (unpaired) electrons. The van der Waals surface area contributed by atoms with Gasteiger partial charge in [-0.2, -0.15) is 0 Å². The summed E-state index contributed by atoms with van der Waals surface area (Å²) in [6.07, 6.45) is 3.34. The standard InChI is InChI=1S/C18H23N3O/c1-3-15-13(2)18(14-8-4-5-9-16(14)19-15)20-17(22)12-21-10-6-7-11-21/h4-5,8-9H,3,6-7,10-12H2,1-2H3,(H,19,20,22)/p+1. The van der Waals surface area contributed by atoms with Crippen LogP contribution < -0.4 is 10.2 Å². The summed E-state index contributed by atoms with van der Waals surface area (Å²) in [5, 5.41) is 4.18. The van der Waals surface area contributed by atoms with E-state index in [0.717, 1.165) is 47.4 Å². The maximum absolute atomic E-state index is 12.4. The van der Waals surface area contributed by atoms with Crippen LogP contribution in [-0.2, 0) is 11.2 Å². The average Bonchev–Trinajstić information content (AvgIpc) is 3.02. The quantitative estimate of drug-likeness (QED) is 0.903. The summed E-state index contributed by atoms with van der Waals surface area (Å²) in [4.78, 5) is 18.5. The number of anilines is 1. The van der Waals surface area contributed by atoms with Gasteiger partial charge in [-0.1, -0.05) is 25.1 Å². The van der Waals surface area contributed by atoms with Gasteiger partial charge in [-0.3, -0.25) is 9.78 Å². The third-order valence-corrected chi connectivity index (χ3v) is 4.56. The van der Waals surface area contributed by atoms with Crippen LogP contribution in [0.4, 0.5) is 5.69 Å². The summed E-state index contributed by atoms with van der Waals surface area (Å²) in [6, 6.07) is 8.03. The number of nitrogens with zero attached hydrogens (tertiary/aromatic N) is 1. The monoisotopic (exact) mass is 298 g/mol. The summed E-state index contributed by atoms with van der Waals surface area (Å²) in [7, 11) is 0. The molecule has 1 saturated heterocycles. The van der Waals surface area contributed by atoms with E-state index >= 15 is 0 Å². The number of benzene rings is 1. The molecule has 1 fully saturated rings. The number of hydrogen-bond acceptors (Lipinski definition) is 2. The van der Waals surface area contributed by atoms with Crippen molar-refractivity contribution in [1.29, 1.82) is 0 Å². The molecule has 1 aliphatic heterocycles. The molecule has 0 spiro atoms. The van der Waals surface area contributed by atoms with Crippen LogP contribution in [0.3, 0.4) is 0 Å². The first-order chi connectivity index (χ1) is 10.7. The number of rotatable bonds is 4. The largest absolute Gasteiger partial charge is 0.327 e. The van der Waals surface area contributed by atoms with Crippen LogP contribution in [0, 0.1) is 6.92 Å². The predicted molar refractivity (Wildman–Crippen MR) is 89.3 cm³/mol. The van der Waals surface area contributed by atoms with Crippen LogP contribution >= 0.6 is 0 Å². The third kappa shape index (κ3) is 2.97. The van der Waals surface area contributed by atoms with E-state index in [2.05, 4.69) is 19.2 Å². The molecule has 1 amide bonds.